The van der Waals surface area contributed by atoms with Gasteiger partial charge in [-0.1, -0.05) is 17.7 Å². The van der Waals surface area contributed by atoms with E-state index in [9.17, 15) is 9.59 Å². The second-order valence-electron chi connectivity index (χ2n) is 3.26. The van der Waals surface area contributed by atoms with E-state index in [1.165, 1.54) is 11.9 Å². The van der Waals surface area contributed by atoms with E-state index in [4.69, 9.17) is 17.3 Å². The summed E-state index contributed by atoms with van der Waals surface area (Å²) in [5.74, 6) is -0.566. The zero-order valence-corrected chi connectivity index (χ0v) is 9.49. The second kappa shape index (κ2) is 5.37. The fourth-order valence-electron chi connectivity index (χ4n) is 1.09. The number of primary amides is 1. The van der Waals surface area contributed by atoms with E-state index in [0.29, 0.717) is 10.7 Å². The average molecular weight is 242 g/mol. The first-order valence-electron chi connectivity index (χ1n) is 4.55. The molecule has 0 atom stereocenters. The molecule has 16 heavy (non-hydrogen) atoms. The van der Waals surface area contributed by atoms with Crippen LogP contribution in [0.3, 0.4) is 0 Å². The van der Waals surface area contributed by atoms with Gasteiger partial charge in [-0.2, -0.15) is 0 Å². The number of hydrogen-bond donors (Lipinski definition) is 2. The second-order valence-corrected chi connectivity index (χ2v) is 3.70. The molecule has 1 rings (SSSR count). The van der Waals surface area contributed by atoms with E-state index >= 15 is 0 Å². The lowest BCUT2D eigenvalue weighted by Gasteiger charge is -2.15. The van der Waals surface area contributed by atoms with Gasteiger partial charge in [0.1, 0.15) is 6.54 Å². The van der Waals surface area contributed by atoms with Gasteiger partial charge in [0.05, 0.1) is 0 Å². The van der Waals surface area contributed by atoms with Crippen LogP contribution in [0.4, 0.5) is 10.5 Å². The van der Waals surface area contributed by atoms with Crippen LogP contribution in [0.2, 0.25) is 5.02 Å². The molecule has 3 N–H and O–H groups in total. The molecule has 0 bridgehead atoms. The van der Waals surface area contributed by atoms with Crippen LogP contribution in [0, 0.1) is 0 Å². The van der Waals surface area contributed by atoms with Gasteiger partial charge in [-0.25, -0.2) is 4.79 Å². The molecule has 1 aromatic rings. The Labute approximate surface area is 98.2 Å². The molecule has 86 valence electrons. The zero-order valence-electron chi connectivity index (χ0n) is 8.74. The lowest BCUT2D eigenvalue weighted by Crippen LogP contribution is -2.38. The monoisotopic (exact) mass is 241 g/mol. The van der Waals surface area contributed by atoms with E-state index in [-0.39, 0.29) is 6.54 Å². The van der Waals surface area contributed by atoms with Crippen molar-refractivity contribution in [3.63, 3.8) is 0 Å². The molecule has 0 saturated heterocycles. The van der Waals surface area contributed by atoms with Crippen LogP contribution in [-0.2, 0) is 4.79 Å². The standard InChI is InChI=1S/C10H12ClN3O2/c1-14(6-9(12)15)10(16)13-8-4-2-3-7(11)5-8/h2-5H,6H2,1H3,(H2,12,15)(H,13,16). The molecule has 1 aromatic carbocycles. The number of carbonyl (C=O) groups is 2. The number of urea groups is 1. The first-order chi connectivity index (χ1) is 7.49. The van der Waals surface area contributed by atoms with Gasteiger partial charge in [-0.3, -0.25) is 4.79 Å². The van der Waals surface area contributed by atoms with Gasteiger partial charge in [0.15, 0.2) is 0 Å². The Balaban J connectivity index is 2.60. The molecule has 0 aliphatic carbocycles. The maximum atomic E-state index is 11.5. The number of amides is 3. The molecule has 0 fully saturated rings. The molecule has 0 heterocycles. The number of benzene rings is 1. The third-order valence-corrected chi connectivity index (χ3v) is 2.05. The fraction of sp³-hybridized carbons (Fsp3) is 0.200. The van der Waals surface area contributed by atoms with Crippen molar-refractivity contribution in [1.29, 1.82) is 0 Å². The van der Waals surface area contributed by atoms with E-state index in [0.717, 1.165) is 0 Å². The van der Waals surface area contributed by atoms with Crippen molar-refractivity contribution in [1.82, 2.24) is 4.90 Å². The van der Waals surface area contributed by atoms with Crippen molar-refractivity contribution in [3.8, 4) is 0 Å². The van der Waals surface area contributed by atoms with Gasteiger partial charge in [0.25, 0.3) is 0 Å². The topological polar surface area (TPSA) is 75.4 Å². The summed E-state index contributed by atoms with van der Waals surface area (Å²) in [5.41, 5.74) is 5.53. The molecule has 0 aliphatic heterocycles. The Hall–Kier alpha value is -1.75. The number of nitrogens with two attached hydrogens (primary N) is 1. The number of halogens is 1. The lowest BCUT2D eigenvalue weighted by atomic mass is 10.3. The van der Waals surface area contributed by atoms with Gasteiger partial charge in [0.2, 0.25) is 5.91 Å². The first-order valence-corrected chi connectivity index (χ1v) is 4.93. The van der Waals surface area contributed by atoms with Gasteiger partial charge in [-0.15, -0.1) is 0 Å². The Morgan fingerprint density at radius 3 is 2.75 bits per heavy atom. The van der Waals surface area contributed by atoms with E-state index < -0.39 is 11.9 Å². The number of hydrogen-bond acceptors (Lipinski definition) is 2. The number of carbonyl (C=O) groups excluding carboxylic acids is 2. The molecule has 0 aliphatic rings. The number of nitrogens with one attached hydrogen (secondary N) is 1. The first kappa shape index (κ1) is 12.3. The predicted octanol–water partition coefficient (Wildman–Crippen LogP) is 1.29. The minimum atomic E-state index is -0.566. The fourth-order valence-corrected chi connectivity index (χ4v) is 1.28. The Kier molecular flexibility index (Phi) is 4.13. The van der Waals surface area contributed by atoms with Crippen LogP contribution in [0.5, 0.6) is 0 Å². The predicted molar refractivity (Wildman–Crippen MR) is 62.3 cm³/mol. The summed E-state index contributed by atoms with van der Waals surface area (Å²) in [5, 5.41) is 3.11. The van der Waals surface area contributed by atoms with Crippen LogP contribution in [-0.4, -0.2) is 30.4 Å². The third-order valence-electron chi connectivity index (χ3n) is 1.82. The maximum Gasteiger partial charge on any atom is 0.322 e. The molecule has 5 nitrogen and oxygen atoms in total. The largest absolute Gasteiger partial charge is 0.368 e. The molecular formula is C10H12ClN3O2. The van der Waals surface area contributed by atoms with E-state index in [1.807, 2.05) is 0 Å². The Bertz CT molecular complexity index is 409. The lowest BCUT2D eigenvalue weighted by molar-refractivity contribution is -0.118. The normalized spacial score (nSPS) is 9.62. The van der Waals surface area contributed by atoms with Gasteiger partial charge in [0, 0.05) is 17.8 Å². The molecule has 0 spiro atoms. The molecule has 6 heteroatoms. The van der Waals surface area contributed by atoms with Gasteiger partial charge in [-0.05, 0) is 18.2 Å². The van der Waals surface area contributed by atoms with Crippen molar-refractivity contribution in [2.45, 2.75) is 0 Å². The van der Waals surface area contributed by atoms with Crippen molar-refractivity contribution in [3.05, 3.63) is 29.3 Å². The summed E-state index contributed by atoms with van der Waals surface area (Å²) in [4.78, 5) is 23.3. The van der Waals surface area contributed by atoms with Crippen molar-refractivity contribution >= 4 is 29.2 Å². The van der Waals surface area contributed by atoms with Crippen LogP contribution in [0.15, 0.2) is 24.3 Å². The number of nitrogens with zero attached hydrogens (tertiary/aromatic N) is 1. The smallest absolute Gasteiger partial charge is 0.322 e. The zero-order chi connectivity index (χ0) is 12.1. The summed E-state index contributed by atoms with van der Waals surface area (Å²) in [6.07, 6.45) is 0. The Morgan fingerprint density at radius 1 is 1.50 bits per heavy atom. The number of rotatable bonds is 3. The molecule has 0 saturated carbocycles. The molecule has 3 amide bonds. The van der Waals surface area contributed by atoms with Crippen molar-refractivity contribution < 1.29 is 9.59 Å². The van der Waals surface area contributed by atoms with Crippen LogP contribution in [0.1, 0.15) is 0 Å². The quantitative estimate of drug-likeness (QED) is 0.837. The van der Waals surface area contributed by atoms with Crippen LogP contribution < -0.4 is 11.1 Å². The molecule has 0 aromatic heterocycles. The van der Waals surface area contributed by atoms with E-state index in [2.05, 4.69) is 5.32 Å². The molecule has 0 unspecified atom stereocenters. The minimum Gasteiger partial charge on any atom is -0.368 e. The Morgan fingerprint density at radius 2 is 2.19 bits per heavy atom. The molecular weight excluding hydrogens is 230 g/mol. The van der Waals surface area contributed by atoms with E-state index in [1.54, 1.807) is 24.3 Å². The highest BCUT2D eigenvalue weighted by molar-refractivity contribution is 6.30. The van der Waals surface area contributed by atoms with Gasteiger partial charge < -0.3 is 16.0 Å². The summed E-state index contributed by atoms with van der Waals surface area (Å²) in [6, 6.07) is 6.30. The SMILES string of the molecule is CN(CC(N)=O)C(=O)Nc1cccc(Cl)c1. The van der Waals surface area contributed by atoms with Crippen molar-refractivity contribution in [2.24, 2.45) is 5.73 Å². The summed E-state index contributed by atoms with van der Waals surface area (Å²) >= 11 is 5.75. The highest BCUT2D eigenvalue weighted by Crippen LogP contribution is 2.14. The van der Waals surface area contributed by atoms with Crippen molar-refractivity contribution in [2.75, 3.05) is 18.9 Å². The molecule has 0 radical (unpaired) electrons. The summed E-state index contributed by atoms with van der Waals surface area (Å²) in [7, 11) is 1.48. The third kappa shape index (κ3) is 3.78. The summed E-state index contributed by atoms with van der Waals surface area (Å²) < 4.78 is 0. The highest BCUT2D eigenvalue weighted by Gasteiger charge is 2.10. The highest BCUT2D eigenvalue weighted by atomic mass is 35.5. The number of likely N-dealkylation sites (N-methyl/N-ethyl adjacent to an activating group) is 1. The minimum absolute atomic E-state index is 0.133. The van der Waals surface area contributed by atoms with Crippen LogP contribution in [0.25, 0.3) is 0 Å². The average Bonchev–Trinajstić information content (AvgIpc) is 2.16. The van der Waals surface area contributed by atoms with Gasteiger partial charge >= 0.3 is 6.03 Å². The number of anilines is 1. The maximum absolute atomic E-state index is 11.5. The summed E-state index contributed by atoms with van der Waals surface area (Å²) in [6.45, 7) is -0.133. The van der Waals surface area contributed by atoms with Crippen LogP contribution >= 0.6 is 11.6 Å².